The second-order valence-corrected chi connectivity index (χ2v) is 8.11. The second-order valence-electron chi connectivity index (χ2n) is 8.11. The van der Waals surface area contributed by atoms with Gasteiger partial charge in [0, 0.05) is 12.5 Å². The number of nitrogens with zero attached hydrogens (tertiary/aromatic N) is 1. The number of likely N-dealkylation sites (tertiary alicyclic amines) is 1. The van der Waals surface area contributed by atoms with Gasteiger partial charge in [-0.3, -0.25) is 10.1 Å². The molecule has 1 aromatic heterocycles. The fraction of sp³-hybridized carbons (Fsp3) is 0.455. The van der Waals surface area contributed by atoms with E-state index in [1.807, 2.05) is 42.5 Å². The molecule has 1 aromatic carbocycles. The fourth-order valence-corrected chi connectivity index (χ4v) is 5.61. The average Bonchev–Trinajstić information content (AvgIpc) is 3.51. The lowest BCUT2D eigenvalue weighted by atomic mass is 9.83. The minimum absolute atomic E-state index is 0.0191. The van der Waals surface area contributed by atoms with Crippen LogP contribution in [0, 0.1) is 11.8 Å². The van der Waals surface area contributed by atoms with Crippen molar-refractivity contribution in [3.8, 4) is 0 Å². The summed E-state index contributed by atoms with van der Waals surface area (Å²) >= 11 is 0. The minimum Gasteiger partial charge on any atom is -0.468 e. The van der Waals surface area contributed by atoms with Crippen LogP contribution in [0.5, 0.6) is 0 Å². The molecule has 0 unspecified atom stereocenters. The van der Waals surface area contributed by atoms with Crippen LogP contribution in [0.25, 0.3) is 0 Å². The van der Waals surface area contributed by atoms with Crippen molar-refractivity contribution in [3.63, 3.8) is 0 Å². The molecular formula is C22H24N2O5. The summed E-state index contributed by atoms with van der Waals surface area (Å²) in [4.78, 5) is 27.6. The smallest absolute Gasteiger partial charge is 0.410 e. The highest BCUT2D eigenvalue weighted by Crippen LogP contribution is 2.57. The summed E-state index contributed by atoms with van der Waals surface area (Å²) < 4.78 is 16.4. The number of esters is 1. The zero-order valence-corrected chi connectivity index (χ0v) is 16.2. The van der Waals surface area contributed by atoms with Crippen molar-refractivity contribution < 1.29 is 23.5 Å². The number of amides is 1. The Bertz CT molecular complexity index is 899. The Hall–Kier alpha value is -2.80. The number of rotatable bonds is 4. The number of nitrogens with one attached hydrogen (secondary N) is 1. The summed E-state index contributed by atoms with van der Waals surface area (Å²) in [7, 11) is 1.42. The van der Waals surface area contributed by atoms with E-state index in [1.54, 1.807) is 11.2 Å². The maximum Gasteiger partial charge on any atom is 0.410 e. The molecule has 152 valence electrons. The van der Waals surface area contributed by atoms with Crippen LogP contribution in [0.3, 0.4) is 0 Å². The Labute approximate surface area is 169 Å². The van der Waals surface area contributed by atoms with Gasteiger partial charge in [0.25, 0.3) is 0 Å². The van der Waals surface area contributed by atoms with Gasteiger partial charge in [-0.2, -0.15) is 0 Å². The van der Waals surface area contributed by atoms with Crippen molar-refractivity contribution in [1.82, 2.24) is 10.2 Å². The lowest BCUT2D eigenvalue weighted by Crippen LogP contribution is -2.51. The molecule has 1 aliphatic carbocycles. The lowest BCUT2D eigenvalue weighted by molar-refractivity contribution is -0.149. The summed E-state index contributed by atoms with van der Waals surface area (Å²) in [5.41, 5.74) is 0.159. The van der Waals surface area contributed by atoms with Gasteiger partial charge in [0.05, 0.1) is 25.5 Å². The van der Waals surface area contributed by atoms with Crippen LogP contribution in [-0.4, -0.2) is 42.2 Å². The molecule has 29 heavy (non-hydrogen) atoms. The Morgan fingerprint density at radius 1 is 1.24 bits per heavy atom. The maximum absolute atomic E-state index is 13.0. The number of benzene rings is 1. The second kappa shape index (κ2) is 6.91. The largest absolute Gasteiger partial charge is 0.468 e. The maximum atomic E-state index is 13.0. The van der Waals surface area contributed by atoms with Crippen LogP contribution in [0.1, 0.15) is 30.2 Å². The van der Waals surface area contributed by atoms with Gasteiger partial charge < -0.3 is 18.8 Å². The summed E-state index contributed by atoms with van der Waals surface area (Å²) in [6.45, 7) is 0.805. The topological polar surface area (TPSA) is 81.0 Å². The average molecular weight is 396 g/mol. The summed E-state index contributed by atoms with van der Waals surface area (Å²) in [6.07, 6.45) is 2.83. The molecule has 3 aliphatic rings. The quantitative estimate of drug-likeness (QED) is 0.801. The third-order valence-corrected chi connectivity index (χ3v) is 6.74. The van der Waals surface area contributed by atoms with E-state index in [1.165, 1.54) is 7.11 Å². The molecule has 0 bridgehead atoms. The number of carbonyl (C=O) groups is 2. The zero-order valence-electron chi connectivity index (χ0n) is 16.2. The number of methoxy groups -OCH3 is 1. The molecule has 2 saturated heterocycles. The standard InChI is InChI=1S/C22H24N2O5/c1-27-20(25)22-10-9-15-12-24(21(26)29-13-14-6-3-2-4-7-14)19(17(15)22)18(23-22)16-8-5-11-28-16/h2-8,11,15,17-19,23H,9-10,12-13H2,1H3/t15-,17-,18-,19+,22-/m1/s1. The number of carbonyl (C=O) groups excluding carboxylic acids is 2. The van der Waals surface area contributed by atoms with E-state index in [2.05, 4.69) is 5.32 Å². The van der Waals surface area contributed by atoms with Crippen molar-refractivity contribution in [2.75, 3.05) is 13.7 Å². The minimum atomic E-state index is -0.782. The van der Waals surface area contributed by atoms with Crippen molar-refractivity contribution in [1.29, 1.82) is 0 Å². The van der Waals surface area contributed by atoms with Crippen LogP contribution in [0.2, 0.25) is 0 Å². The first-order valence-corrected chi connectivity index (χ1v) is 10.0. The van der Waals surface area contributed by atoms with E-state index >= 15 is 0 Å². The van der Waals surface area contributed by atoms with Gasteiger partial charge >= 0.3 is 12.1 Å². The summed E-state index contributed by atoms with van der Waals surface area (Å²) in [5.74, 6) is 0.669. The number of hydrogen-bond donors (Lipinski definition) is 1. The molecule has 1 amide bonds. The highest BCUT2D eigenvalue weighted by Gasteiger charge is 2.69. The molecule has 2 aromatic rings. The summed E-state index contributed by atoms with van der Waals surface area (Å²) in [6, 6.07) is 12.8. The van der Waals surface area contributed by atoms with E-state index < -0.39 is 5.54 Å². The predicted octanol–water partition coefficient (Wildman–Crippen LogP) is 2.88. The molecular weight excluding hydrogens is 372 g/mol. The van der Waals surface area contributed by atoms with Crippen LogP contribution in [0.4, 0.5) is 4.79 Å². The zero-order chi connectivity index (χ0) is 20.0. The van der Waals surface area contributed by atoms with Crippen molar-refractivity contribution in [3.05, 3.63) is 60.1 Å². The van der Waals surface area contributed by atoms with Gasteiger partial charge in [-0.25, -0.2) is 4.79 Å². The summed E-state index contributed by atoms with van der Waals surface area (Å²) in [5, 5.41) is 3.49. The van der Waals surface area contributed by atoms with E-state index in [0.717, 1.165) is 12.0 Å². The van der Waals surface area contributed by atoms with Crippen LogP contribution < -0.4 is 5.32 Å². The molecule has 0 spiro atoms. The van der Waals surface area contributed by atoms with Crippen LogP contribution in [-0.2, 0) is 20.9 Å². The highest BCUT2D eigenvalue weighted by atomic mass is 16.6. The Morgan fingerprint density at radius 2 is 2.07 bits per heavy atom. The van der Waals surface area contributed by atoms with E-state index in [-0.39, 0.29) is 42.6 Å². The van der Waals surface area contributed by atoms with E-state index in [0.29, 0.717) is 18.7 Å². The third-order valence-electron chi connectivity index (χ3n) is 6.74. The molecule has 7 heteroatoms. The van der Waals surface area contributed by atoms with Crippen molar-refractivity contribution in [2.45, 2.75) is 37.1 Å². The van der Waals surface area contributed by atoms with Crippen molar-refractivity contribution >= 4 is 12.1 Å². The Morgan fingerprint density at radius 3 is 2.79 bits per heavy atom. The SMILES string of the molecule is COC(=O)[C@@]12CC[C@@H]3CN(C(=O)OCc4ccccc4)[C@@H]([C@@H]31)[C@@H](c1ccco1)N2. The molecule has 3 heterocycles. The first kappa shape index (κ1) is 18.2. The highest BCUT2D eigenvalue weighted by molar-refractivity contribution is 5.83. The first-order chi connectivity index (χ1) is 14.1. The molecule has 3 fully saturated rings. The third kappa shape index (κ3) is 2.75. The number of furan rings is 1. The van der Waals surface area contributed by atoms with Gasteiger partial charge in [0.1, 0.15) is 17.9 Å². The predicted molar refractivity (Wildman–Crippen MR) is 103 cm³/mol. The molecule has 1 saturated carbocycles. The Kier molecular flexibility index (Phi) is 4.35. The monoisotopic (exact) mass is 396 g/mol. The molecule has 0 radical (unpaired) electrons. The Balaban J connectivity index is 1.43. The molecule has 7 nitrogen and oxygen atoms in total. The van der Waals surface area contributed by atoms with Gasteiger partial charge in [0.15, 0.2) is 0 Å². The number of ether oxygens (including phenoxy) is 2. The van der Waals surface area contributed by atoms with Gasteiger partial charge in [-0.1, -0.05) is 30.3 Å². The first-order valence-electron chi connectivity index (χ1n) is 10.0. The van der Waals surface area contributed by atoms with Gasteiger partial charge in [-0.05, 0) is 36.5 Å². The molecule has 5 rings (SSSR count). The van der Waals surface area contributed by atoms with Gasteiger partial charge in [0.2, 0.25) is 0 Å². The van der Waals surface area contributed by atoms with Crippen molar-refractivity contribution in [2.24, 2.45) is 11.8 Å². The van der Waals surface area contributed by atoms with E-state index in [9.17, 15) is 9.59 Å². The lowest BCUT2D eigenvalue weighted by Gasteiger charge is -2.27. The van der Waals surface area contributed by atoms with Crippen LogP contribution in [0.15, 0.2) is 53.1 Å². The molecule has 1 N–H and O–H groups in total. The number of hydrogen-bond acceptors (Lipinski definition) is 6. The molecule has 5 atom stereocenters. The fourth-order valence-electron chi connectivity index (χ4n) is 5.61. The van der Waals surface area contributed by atoms with Gasteiger partial charge in [-0.15, -0.1) is 0 Å². The van der Waals surface area contributed by atoms with Crippen LogP contribution >= 0.6 is 0 Å². The molecule has 2 aliphatic heterocycles. The normalized spacial score (nSPS) is 32.2. The van der Waals surface area contributed by atoms with E-state index in [4.69, 9.17) is 13.9 Å².